The SMILES string of the molecule is COc1cc(C(=O)c2nc3ccccc3[nH]2)cc([N+](=O)[O-])c1OC. The molecule has 0 unspecified atom stereocenters. The summed E-state index contributed by atoms with van der Waals surface area (Å²) >= 11 is 0. The number of para-hydroxylation sites is 2. The number of nitro benzene ring substituents is 1. The third-order valence-electron chi connectivity index (χ3n) is 3.52. The van der Waals surface area contributed by atoms with Crippen LogP contribution >= 0.6 is 0 Å². The van der Waals surface area contributed by atoms with Crippen molar-refractivity contribution in [1.29, 1.82) is 0 Å². The van der Waals surface area contributed by atoms with E-state index in [1.807, 2.05) is 6.07 Å². The summed E-state index contributed by atoms with van der Waals surface area (Å²) in [6.07, 6.45) is 0. The molecular weight excluding hydrogens is 314 g/mol. The van der Waals surface area contributed by atoms with E-state index < -0.39 is 10.7 Å². The van der Waals surface area contributed by atoms with Crippen LogP contribution in [0.15, 0.2) is 36.4 Å². The maximum absolute atomic E-state index is 12.6. The largest absolute Gasteiger partial charge is 0.493 e. The number of carbonyl (C=O) groups excluding carboxylic acids is 1. The van der Waals surface area contributed by atoms with Gasteiger partial charge in [0, 0.05) is 11.6 Å². The Hall–Kier alpha value is -3.42. The van der Waals surface area contributed by atoms with E-state index in [2.05, 4.69) is 9.97 Å². The average molecular weight is 327 g/mol. The standard InChI is InChI=1S/C16H13N3O5/c1-23-13-8-9(7-12(19(21)22)15(13)24-2)14(20)16-17-10-5-3-4-6-11(10)18-16/h3-8H,1-2H3,(H,17,18). The Morgan fingerprint density at radius 3 is 2.58 bits per heavy atom. The molecular formula is C16H13N3O5. The number of imidazole rings is 1. The molecule has 3 aromatic rings. The van der Waals surface area contributed by atoms with Crippen molar-refractivity contribution in [3.8, 4) is 11.5 Å². The van der Waals surface area contributed by atoms with Crippen LogP contribution in [0.25, 0.3) is 11.0 Å². The summed E-state index contributed by atoms with van der Waals surface area (Å²) in [5, 5.41) is 11.2. The molecule has 8 heteroatoms. The lowest BCUT2D eigenvalue weighted by Gasteiger charge is -2.09. The molecule has 0 aliphatic heterocycles. The van der Waals surface area contributed by atoms with Crippen LogP contribution in [0.3, 0.4) is 0 Å². The third kappa shape index (κ3) is 2.54. The molecule has 0 saturated carbocycles. The number of nitro groups is 1. The first kappa shape index (κ1) is 15.5. The molecule has 1 heterocycles. The zero-order chi connectivity index (χ0) is 17.3. The van der Waals surface area contributed by atoms with Gasteiger partial charge in [0.1, 0.15) is 0 Å². The molecule has 8 nitrogen and oxygen atoms in total. The zero-order valence-corrected chi connectivity index (χ0v) is 12.9. The molecule has 3 rings (SSSR count). The highest BCUT2D eigenvalue weighted by Crippen LogP contribution is 2.38. The fourth-order valence-corrected chi connectivity index (χ4v) is 2.41. The molecule has 0 aliphatic rings. The average Bonchev–Trinajstić information content (AvgIpc) is 3.03. The number of fused-ring (bicyclic) bond motifs is 1. The molecule has 24 heavy (non-hydrogen) atoms. The predicted octanol–water partition coefficient (Wildman–Crippen LogP) is 2.72. The molecule has 0 bridgehead atoms. The number of rotatable bonds is 5. The van der Waals surface area contributed by atoms with E-state index >= 15 is 0 Å². The summed E-state index contributed by atoms with van der Waals surface area (Å²) in [6, 6.07) is 9.71. The van der Waals surface area contributed by atoms with Crippen LogP contribution in [0.2, 0.25) is 0 Å². The van der Waals surface area contributed by atoms with Gasteiger partial charge in [-0.2, -0.15) is 0 Å². The van der Waals surface area contributed by atoms with E-state index in [0.29, 0.717) is 11.0 Å². The number of hydrogen-bond donors (Lipinski definition) is 1. The first-order chi connectivity index (χ1) is 11.5. The lowest BCUT2D eigenvalue weighted by atomic mass is 10.1. The minimum atomic E-state index is -0.628. The second-order valence-electron chi connectivity index (χ2n) is 4.92. The van der Waals surface area contributed by atoms with Crippen LogP contribution < -0.4 is 9.47 Å². The van der Waals surface area contributed by atoms with E-state index in [4.69, 9.17) is 9.47 Å². The second kappa shape index (κ2) is 5.99. The first-order valence-electron chi connectivity index (χ1n) is 6.95. The summed E-state index contributed by atoms with van der Waals surface area (Å²) < 4.78 is 10.1. The normalized spacial score (nSPS) is 10.6. The number of hydrogen-bond acceptors (Lipinski definition) is 6. The topological polar surface area (TPSA) is 107 Å². The van der Waals surface area contributed by atoms with Gasteiger partial charge < -0.3 is 14.5 Å². The Labute approximate surface area is 136 Å². The Morgan fingerprint density at radius 2 is 1.96 bits per heavy atom. The van der Waals surface area contributed by atoms with Gasteiger partial charge in [0.15, 0.2) is 11.6 Å². The molecule has 0 atom stereocenters. The van der Waals surface area contributed by atoms with Crippen LogP contribution in [-0.2, 0) is 0 Å². The van der Waals surface area contributed by atoms with Crippen molar-refractivity contribution < 1.29 is 19.2 Å². The highest BCUT2D eigenvalue weighted by molar-refractivity contribution is 6.08. The lowest BCUT2D eigenvalue weighted by molar-refractivity contribution is -0.385. The van der Waals surface area contributed by atoms with E-state index in [9.17, 15) is 14.9 Å². The molecule has 0 aliphatic carbocycles. The fraction of sp³-hybridized carbons (Fsp3) is 0.125. The van der Waals surface area contributed by atoms with Crippen LogP contribution in [0.5, 0.6) is 11.5 Å². The summed E-state index contributed by atoms with van der Waals surface area (Å²) in [4.78, 5) is 30.4. The molecule has 122 valence electrons. The lowest BCUT2D eigenvalue weighted by Crippen LogP contribution is -2.06. The van der Waals surface area contributed by atoms with E-state index in [-0.39, 0.29) is 28.6 Å². The minimum absolute atomic E-state index is 0.0383. The number of H-pyrrole nitrogens is 1. The molecule has 0 fully saturated rings. The summed E-state index contributed by atoms with van der Waals surface area (Å²) in [6.45, 7) is 0. The molecule has 1 aromatic heterocycles. The van der Waals surface area contributed by atoms with Gasteiger partial charge in [-0.1, -0.05) is 12.1 Å². The Kier molecular flexibility index (Phi) is 3.87. The zero-order valence-electron chi connectivity index (χ0n) is 12.9. The van der Waals surface area contributed by atoms with Crippen molar-refractivity contribution in [2.75, 3.05) is 14.2 Å². The number of methoxy groups -OCH3 is 2. The van der Waals surface area contributed by atoms with Crippen LogP contribution in [0, 0.1) is 10.1 Å². The van der Waals surface area contributed by atoms with Crippen molar-refractivity contribution >= 4 is 22.5 Å². The molecule has 2 aromatic carbocycles. The Morgan fingerprint density at radius 1 is 1.21 bits per heavy atom. The highest BCUT2D eigenvalue weighted by atomic mass is 16.6. The second-order valence-corrected chi connectivity index (χ2v) is 4.92. The summed E-state index contributed by atoms with van der Waals surface area (Å²) in [7, 11) is 2.64. The fourth-order valence-electron chi connectivity index (χ4n) is 2.41. The predicted molar refractivity (Wildman–Crippen MR) is 85.7 cm³/mol. The highest BCUT2D eigenvalue weighted by Gasteiger charge is 2.25. The smallest absolute Gasteiger partial charge is 0.315 e. The first-order valence-corrected chi connectivity index (χ1v) is 6.95. The number of benzene rings is 2. The van der Waals surface area contributed by atoms with E-state index in [0.717, 1.165) is 6.07 Å². The van der Waals surface area contributed by atoms with Crippen LogP contribution in [-0.4, -0.2) is 34.9 Å². The van der Waals surface area contributed by atoms with Crippen LogP contribution in [0.4, 0.5) is 5.69 Å². The van der Waals surface area contributed by atoms with Gasteiger partial charge in [-0.3, -0.25) is 14.9 Å². The number of ether oxygens (including phenoxy) is 2. The van der Waals surface area contributed by atoms with E-state index in [1.54, 1.807) is 18.2 Å². The van der Waals surface area contributed by atoms with Gasteiger partial charge >= 0.3 is 5.69 Å². The van der Waals surface area contributed by atoms with Crippen molar-refractivity contribution in [3.63, 3.8) is 0 Å². The monoisotopic (exact) mass is 327 g/mol. The van der Waals surface area contributed by atoms with Crippen molar-refractivity contribution in [1.82, 2.24) is 9.97 Å². The number of aromatic nitrogens is 2. The maximum atomic E-state index is 12.6. The summed E-state index contributed by atoms with van der Waals surface area (Å²) in [5.74, 6) is -0.317. The quantitative estimate of drug-likeness (QED) is 0.438. The molecule has 0 radical (unpaired) electrons. The Bertz CT molecular complexity index is 915. The van der Waals surface area contributed by atoms with E-state index in [1.165, 1.54) is 20.3 Å². The molecule has 0 spiro atoms. The van der Waals surface area contributed by atoms with Crippen molar-refractivity contribution in [2.24, 2.45) is 0 Å². The van der Waals surface area contributed by atoms with Crippen LogP contribution in [0.1, 0.15) is 16.2 Å². The van der Waals surface area contributed by atoms with Gasteiger partial charge in [0.2, 0.25) is 11.5 Å². The number of ketones is 1. The van der Waals surface area contributed by atoms with Gasteiger partial charge in [0.05, 0.1) is 30.2 Å². The maximum Gasteiger partial charge on any atom is 0.315 e. The van der Waals surface area contributed by atoms with Gasteiger partial charge in [-0.05, 0) is 18.2 Å². The molecule has 1 N–H and O–H groups in total. The van der Waals surface area contributed by atoms with Crippen molar-refractivity contribution in [3.05, 3.63) is 57.9 Å². The molecule has 0 amide bonds. The number of nitrogens with zero attached hydrogens (tertiary/aromatic N) is 2. The van der Waals surface area contributed by atoms with Crippen molar-refractivity contribution in [2.45, 2.75) is 0 Å². The minimum Gasteiger partial charge on any atom is -0.493 e. The number of carbonyl (C=O) groups is 1. The van der Waals surface area contributed by atoms with Gasteiger partial charge in [-0.25, -0.2) is 4.98 Å². The number of aromatic amines is 1. The summed E-state index contributed by atoms with van der Waals surface area (Å²) in [5.41, 5.74) is 1.07. The number of nitrogens with one attached hydrogen (secondary N) is 1. The van der Waals surface area contributed by atoms with Gasteiger partial charge in [0.25, 0.3) is 0 Å². The third-order valence-corrected chi connectivity index (χ3v) is 3.52. The molecule has 0 saturated heterocycles. The van der Waals surface area contributed by atoms with Gasteiger partial charge in [-0.15, -0.1) is 0 Å². The Balaban J connectivity index is 2.12.